The van der Waals surface area contributed by atoms with Crippen molar-refractivity contribution in [3.05, 3.63) is 46.9 Å². The van der Waals surface area contributed by atoms with Crippen molar-refractivity contribution in [2.24, 2.45) is 44.8 Å². The van der Waals surface area contributed by atoms with Crippen LogP contribution in [0.25, 0.3) is 5.57 Å². The molecule has 3 saturated carbocycles. The fourth-order valence-corrected chi connectivity index (χ4v) is 12.0. The molecule has 2 heterocycles. The Morgan fingerprint density at radius 2 is 1.76 bits per heavy atom. The molecule has 3 fully saturated rings. The van der Waals surface area contributed by atoms with Gasteiger partial charge in [0.05, 0.1) is 11.1 Å². The molecule has 0 amide bonds. The zero-order valence-electron chi connectivity index (χ0n) is 26.7. The largest absolute Gasteiger partial charge is 0.481 e. The van der Waals surface area contributed by atoms with Gasteiger partial charge >= 0.3 is 5.97 Å². The maximum atomic E-state index is 13.3. The highest BCUT2D eigenvalue weighted by Gasteiger charge is 2.70. The molecule has 0 saturated heterocycles. The number of allylic oxidation sites excluding steroid dienone is 2. The van der Waals surface area contributed by atoms with Crippen molar-refractivity contribution >= 4 is 17.4 Å². The number of nitrogens with two attached hydrogens (primary N) is 1. The first kappa shape index (κ1) is 28.2. The van der Waals surface area contributed by atoms with Crippen LogP contribution in [0.1, 0.15) is 117 Å². The molecular weight excluding hydrogens is 520 g/mol. The maximum absolute atomic E-state index is 13.3. The molecule has 7 rings (SSSR count). The number of pyridine rings is 1. The van der Waals surface area contributed by atoms with Gasteiger partial charge < -0.3 is 10.8 Å². The molecule has 0 spiro atoms. The van der Waals surface area contributed by atoms with Crippen molar-refractivity contribution in [2.75, 3.05) is 5.73 Å². The Kier molecular flexibility index (Phi) is 5.70. The molecular formula is C36H50N4O2. The third-order valence-electron chi connectivity index (χ3n) is 14.4. The summed E-state index contributed by atoms with van der Waals surface area (Å²) in [6.45, 7) is 17.2. The average Bonchev–Trinajstić information content (AvgIpc) is 3.29. The summed E-state index contributed by atoms with van der Waals surface area (Å²) < 4.78 is 0. The number of fused-ring (bicyclic) bond motifs is 8. The van der Waals surface area contributed by atoms with Gasteiger partial charge in [-0.15, -0.1) is 0 Å². The van der Waals surface area contributed by atoms with Gasteiger partial charge in [0.1, 0.15) is 5.82 Å². The number of H-pyrrole nitrogens is 1. The number of aliphatic carboxylic acids is 1. The predicted octanol–water partition coefficient (Wildman–Crippen LogP) is 7.81. The zero-order chi connectivity index (χ0) is 30.1. The number of carboxylic acids is 1. The normalized spacial score (nSPS) is 41.5. The number of hydrogen-bond donors (Lipinski definition) is 3. The Morgan fingerprint density at radius 1 is 1.02 bits per heavy atom. The smallest absolute Gasteiger partial charge is 0.310 e. The van der Waals surface area contributed by atoms with Crippen molar-refractivity contribution in [3.63, 3.8) is 0 Å². The summed E-state index contributed by atoms with van der Waals surface area (Å²) in [5, 5.41) is 18.8. The minimum absolute atomic E-state index is 0.0384. The van der Waals surface area contributed by atoms with E-state index < -0.39 is 11.4 Å². The van der Waals surface area contributed by atoms with E-state index in [1.807, 2.05) is 12.4 Å². The van der Waals surface area contributed by atoms with Crippen LogP contribution in [0.2, 0.25) is 0 Å². The molecule has 2 aromatic heterocycles. The van der Waals surface area contributed by atoms with Crippen LogP contribution in [0, 0.1) is 44.8 Å². The van der Waals surface area contributed by atoms with Crippen LogP contribution in [0.3, 0.4) is 0 Å². The van der Waals surface area contributed by atoms with Gasteiger partial charge in [-0.05, 0) is 114 Å². The Labute approximate surface area is 251 Å². The molecule has 6 heteroatoms. The van der Waals surface area contributed by atoms with Gasteiger partial charge in [0.25, 0.3) is 0 Å². The monoisotopic (exact) mass is 570 g/mol. The predicted molar refractivity (Wildman–Crippen MR) is 166 cm³/mol. The quantitative estimate of drug-likeness (QED) is 0.341. The molecule has 5 aliphatic rings. The van der Waals surface area contributed by atoms with Crippen molar-refractivity contribution in [1.82, 2.24) is 15.2 Å². The number of nitrogens with one attached hydrogen (secondary N) is 1. The molecule has 5 aliphatic carbocycles. The molecule has 7 atom stereocenters. The summed E-state index contributed by atoms with van der Waals surface area (Å²) in [7, 11) is 0. The minimum Gasteiger partial charge on any atom is -0.481 e. The number of nitrogen functional groups attached to an aromatic ring is 1. The molecule has 0 aliphatic heterocycles. The number of carbonyl (C=O) groups is 1. The summed E-state index contributed by atoms with van der Waals surface area (Å²) in [5.41, 5.74) is 12.4. The van der Waals surface area contributed by atoms with E-state index in [1.54, 1.807) is 0 Å². The van der Waals surface area contributed by atoms with E-state index in [0.717, 1.165) is 69.3 Å². The number of aromatic amines is 1. The van der Waals surface area contributed by atoms with Crippen LogP contribution in [0.4, 0.5) is 5.82 Å². The van der Waals surface area contributed by atoms with E-state index in [2.05, 4.69) is 70.7 Å². The third-order valence-corrected chi connectivity index (χ3v) is 14.4. The second-order valence-electron chi connectivity index (χ2n) is 17.0. The number of rotatable bonds is 2. The topological polar surface area (TPSA) is 105 Å². The Hall–Kier alpha value is -2.63. The van der Waals surface area contributed by atoms with E-state index in [0.29, 0.717) is 11.8 Å². The van der Waals surface area contributed by atoms with Gasteiger partial charge in [-0.2, -0.15) is 5.10 Å². The third kappa shape index (κ3) is 3.36. The highest BCUT2D eigenvalue weighted by atomic mass is 16.4. The van der Waals surface area contributed by atoms with Crippen molar-refractivity contribution < 1.29 is 9.90 Å². The molecule has 42 heavy (non-hydrogen) atoms. The van der Waals surface area contributed by atoms with Gasteiger partial charge in [0.2, 0.25) is 0 Å². The summed E-state index contributed by atoms with van der Waals surface area (Å²) in [6, 6.07) is 4.28. The number of aromatic nitrogens is 3. The molecule has 4 N–H and O–H groups in total. The van der Waals surface area contributed by atoms with Crippen molar-refractivity contribution in [1.29, 1.82) is 0 Å². The Morgan fingerprint density at radius 3 is 2.45 bits per heavy atom. The molecule has 0 bridgehead atoms. The fraction of sp³-hybridized carbons (Fsp3) is 0.694. The summed E-state index contributed by atoms with van der Waals surface area (Å²) in [6.07, 6.45) is 12.5. The number of carboxylic acid groups (broad SMARTS) is 1. The minimum atomic E-state index is -0.672. The van der Waals surface area contributed by atoms with E-state index in [4.69, 9.17) is 10.8 Å². The molecule has 1 unspecified atom stereocenters. The number of hydrogen-bond acceptors (Lipinski definition) is 4. The summed E-state index contributed by atoms with van der Waals surface area (Å²) in [5.74, 6) is 1.12. The lowest BCUT2D eigenvalue weighted by molar-refractivity contribution is -0.175. The highest BCUT2D eigenvalue weighted by Crippen LogP contribution is 2.77. The van der Waals surface area contributed by atoms with Crippen molar-refractivity contribution in [2.45, 2.75) is 112 Å². The first-order chi connectivity index (χ1) is 19.6. The second kappa shape index (κ2) is 8.51. The van der Waals surface area contributed by atoms with Crippen LogP contribution in [-0.2, 0) is 16.6 Å². The second-order valence-corrected chi connectivity index (χ2v) is 17.0. The van der Waals surface area contributed by atoms with Crippen LogP contribution < -0.4 is 5.73 Å². The van der Waals surface area contributed by atoms with Gasteiger partial charge in [-0.1, -0.05) is 60.1 Å². The number of nitrogens with zero attached hydrogens (tertiary/aromatic N) is 2. The fourth-order valence-electron chi connectivity index (χ4n) is 12.0. The first-order valence-corrected chi connectivity index (χ1v) is 16.3. The lowest BCUT2D eigenvalue weighted by atomic mass is 9.33. The average molecular weight is 571 g/mol. The number of anilines is 1. The van der Waals surface area contributed by atoms with Crippen LogP contribution in [0.15, 0.2) is 30.1 Å². The van der Waals surface area contributed by atoms with Crippen LogP contribution >= 0.6 is 0 Å². The van der Waals surface area contributed by atoms with Crippen LogP contribution in [0.5, 0.6) is 0 Å². The standard InChI is InChI=1S/C36H50N4O2/c1-31(2)12-14-36(30(41)42)15-13-35(7)27(24(36)19-31)22(21-9-8-16-38-20-21)17-26-33(5)18-23-28(39-40-29(23)37)32(3,4)25(33)10-11-34(26,35)6/h8-9,16,20,24-26H,10-15,17-19H2,1-7H3,(H,41,42)(H3,37,39,40)/t24-,25-,26?,33-,34+,35+,36-/m0/s1. The van der Waals surface area contributed by atoms with E-state index >= 15 is 0 Å². The van der Waals surface area contributed by atoms with Gasteiger partial charge in [0.15, 0.2) is 0 Å². The van der Waals surface area contributed by atoms with Crippen molar-refractivity contribution in [3.8, 4) is 0 Å². The summed E-state index contributed by atoms with van der Waals surface area (Å²) >= 11 is 0. The molecule has 0 aromatic carbocycles. The zero-order valence-corrected chi connectivity index (χ0v) is 26.7. The van der Waals surface area contributed by atoms with E-state index in [1.165, 1.54) is 22.3 Å². The SMILES string of the molecule is CC1(C)CC[C@]2(C(=O)O)CC[C@]3(C)C(=C(c4cccnc4)CC4[C@@]5(C)Cc6c(n[nH]c6N)C(C)(C)[C@@H]5CC[C@]43C)[C@@H]2C1. The summed E-state index contributed by atoms with van der Waals surface area (Å²) in [4.78, 5) is 17.9. The van der Waals surface area contributed by atoms with E-state index in [9.17, 15) is 9.90 Å². The van der Waals surface area contributed by atoms with Gasteiger partial charge in [-0.25, -0.2) is 0 Å². The van der Waals surface area contributed by atoms with Gasteiger partial charge in [0, 0.05) is 23.4 Å². The molecule has 226 valence electrons. The first-order valence-electron chi connectivity index (χ1n) is 16.3. The molecule has 2 aromatic rings. The highest BCUT2D eigenvalue weighted by molar-refractivity contribution is 5.80. The molecule has 6 nitrogen and oxygen atoms in total. The molecule has 0 radical (unpaired) electrons. The van der Waals surface area contributed by atoms with E-state index in [-0.39, 0.29) is 33.0 Å². The Balaban J connectivity index is 1.48. The lowest BCUT2D eigenvalue weighted by Crippen LogP contribution is -2.65. The maximum Gasteiger partial charge on any atom is 0.310 e. The lowest BCUT2D eigenvalue weighted by Gasteiger charge is -2.71. The van der Waals surface area contributed by atoms with Gasteiger partial charge in [-0.3, -0.25) is 14.9 Å². The van der Waals surface area contributed by atoms with Crippen LogP contribution in [-0.4, -0.2) is 26.3 Å². The Bertz CT molecular complexity index is 1490.